The summed E-state index contributed by atoms with van der Waals surface area (Å²) in [4.78, 5) is 27.7. The summed E-state index contributed by atoms with van der Waals surface area (Å²) in [6, 6.07) is 0. The van der Waals surface area contributed by atoms with Crippen molar-refractivity contribution in [3.63, 3.8) is 0 Å². The Kier molecular flexibility index (Phi) is 2.91. The van der Waals surface area contributed by atoms with Crippen molar-refractivity contribution < 1.29 is 14.7 Å². The van der Waals surface area contributed by atoms with E-state index in [-0.39, 0.29) is 12.1 Å². The van der Waals surface area contributed by atoms with E-state index in [2.05, 4.69) is 15.3 Å². The van der Waals surface area contributed by atoms with Crippen molar-refractivity contribution in [1.29, 1.82) is 0 Å². The van der Waals surface area contributed by atoms with Gasteiger partial charge in [-0.1, -0.05) is 0 Å². The van der Waals surface area contributed by atoms with Gasteiger partial charge in [-0.3, -0.25) is 4.79 Å². The van der Waals surface area contributed by atoms with E-state index in [0.717, 1.165) is 0 Å². The van der Waals surface area contributed by atoms with E-state index in [4.69, 9.17) is 5.11 Å². The van der Waals surface area contributed by atoms with Crippen molar-refractivity contribution >= 4 is 12.4 Å². The Bertz CT molecular complexity index is 309. The molecule has 2 N–H and O–H groups in total. The fourth-order valence-electron chi connectivity index (χ4n) is 0.689. The van der Waals surface area contributed by atoms with E-state index >= 15 is 0 Å². The molecule has 0 aliphatic carbocycles. The molecule has 0 aliphatic rings. The van der Waals surface area contributed by atoms with Gasteiger partial charge in [0.2, 0.25) is 6.41 Å². The third kappa shape index (κ3) is 2.51. The number of rotatable bonds is 4. The molecule has 0 unspecified atom stereocenters. The Labute approximate surface area is 73.6 Å². The van der Waals surface area contributed by atoms with Crippen LogP contribution in [0.5, 0.6) is 0 Å². The summed E-state index contributed by atoms with van der Waals surface area (Å²) in [5, 5.41) is 10.9. The van der Waals surface area contributed by atoms with Gasteiger partial charge in [0.25, 0.3) is 0 Å². The van der Waals surface area contributed by atoms with Crippen LogP contribution in [-0.4, -0.2) is 27.5 Å². The topological polar surface area (TPSA) is 92.2 Å². The summed E-state index contributed by atoms with van der Waals surface area (Å²) in [6.07, 6.45) is 2.91. The van der Waals surface area contributed by atoms with Crippen molar-refractivity contribution in [1.82, 2.24) is 15.3 Å². The lowest BCUT2D eigenvalue weighted by molar-refractivity contribution is -0.109. The molecule has 1 aromatic rings. The summed E-state index contributed by atoms with van der Waals surface area (Å²) >= 11 is 0. The number of amides is 1. The number of nitrogens with zero attached hydrogens (tertiary/aromatic N) is 2. The zero-order valence-electron chi connectivity index (χ0n) is 6.60. The Hall–Kier alpha value is -1.98. The normalized spacial score (nSPS) is 9.23. The molecule has 0 saturated heterocycles. The molecule has 0 saturated carbocycles. The van der Waals surface area contributed by atoms with E-state index in [0.29, 0.717) is 12.2 Å². The molecule has 0 fully saturated rings. The van der Waals surface area contributed by atoms with Gasteiger partial charge in [0.1, 0.15) is 5.82 Å². The number of carboxylic acids is 1. The molecule has 0 atom stereocenters. The zero-order valence-corrected chi connectivity index (χ0v) is 6.60. The van der Waals surface area contributed by atoms with Gasteiger partial charge in [-0.2, -0.15) is 0 Å². The van der Waals surface area contributed by atoms with E-state index < -0.39 is 5.97 Å². The first-order valence-corrected chi connectivity index (χ1v) is 3.45. The Balaban J connectivity index is 2.69. The predicted octanol–water partition coefficient (Wildman–Crippen LogP) is -0.579. The largest absolute Gasteiger partial charge is 0.478 e. The average molecular weight is 181 g/mol. The first kappa shape index (κ1) is 9.11. The van der Waals surface area contributed by atoms with Crippen LogP contribution in [0.25, 0.3) is 0 Å². The van der Waals surface area contributed by atoms with Crippen LogP contribution in [0.15, 0.2) is 12.4 Å². The minimum absolute atomic E-state index is 0.0230. The lowest BCUT2D eigenvalue weighted by Crippen LogP contribution is -2.13. The van der Waals surface area contributed by atoms with Crippen LogP contribution in [0.3, 0.4) is 0 Å². The van der Waals surface area contributed by atoms with Gasteiger partial charge in [0.05, 0.1) is 12.1 Å². The highest BCUT2D eigenvalue weighted by Gasteiger charge is 2.03. The molecule has 1 rings (SSSR count). The maximum Gasteiger partial charge on any atom is 0.338 e. The molecule has 68 valence electrons. The highest BCUT2D eigenvalue weighted by atomic mass is 16.4. The Morgan fingerprint density at radius 1 is 1.54 bits per heavy atom. The third-order valence-corrected chi connectivity index (χ3v) is 1.30. The van der Waals surface area contributed by atoms with Crippen molar-refractivity contribution in [3.8, 4) is 0 Å². The van der Waals surface area contributed by atoms with Gasteiger partial charge >= 0.3 is 5.97 Å². The van der Waals surface area contributed by atoms with Gasteiger partial charge in [0.15, 0.2) is 0 Å². The minimum Gasteiger partial charge on any atom is -0.478 e. The fourth-order valence-corrected chi connectivity index (χ4v) is 0.689. The minimum atomic E-state index is -1.07. The smallest absolute Gasteiger partial charge is 0.338 e. The summed E-state index contributed by atoms with van der Waals surface area (Å²) in [6.45, 7) is 0.198. The van der Waals surface area contributed by atoms with Gasteiger partial charge in [-0.25, -0.2) is 14.8 Å². The van der Waals surface area contributed by atoms with E-state index in [1.807, 2.05) is 0 Å². The van der Waals surface area contributed by atoms with E-state index in [1.54, 1.807) is 0 Å². The molecule has 1 heterocycles. The molecule has 0 spiro atoms. The monoisotopic (exact) mass is 181 g/mol. The quantitative estimate of drug-likeness (QED) is 0.606. The van der Waals surface area contributed by atoms with E-state index in [9.17, 15) is 9.59 Å². The van der Waals surface area contributed by atoms with Crippen molar-refractivity contribution in [3.05, 3.63) is 23.8 Å². The van der Waals surface area contributed by atoms with Crippen LogP contribution in [0.1, 0.15) is 16.2 Å². The number of hydrogen-bond acceptors (Lipinski definition) is 4. The van der Waals surface area contributed by atoms with Crippen LogP contribution in [0, 0.1) is 0 Å². The maximum atomic E-state index is 10.4. The number of hydrogen-bond donors (Lipinski definition) is 2. The second-order valence-electron chi connectivity index (χ2n) is 2.19. The van der Waals surface area contributed by atoms with Crippen LogP contribution < -0.4 is 5.32 Å². The molecule has 0 bridgehead atoms. The SMILES string of the molecule is O=CNCc1ncc(C(=O)O)cn1. The maximum absolute atomic E-state index is 10.4. The van der Waals surface area contributed by atoms with Gasteiger partial charge in [-0.05, 0) is 0 Å². The number of carboxylic acid groups (broad SMARTS) is 1. The summed E-state index contributed by atoms with van der Waals surface area (Å²) in [7, 11) is 0. The lowest BCUT2D eigenvalue weighted by atomic mass is 10.3. The van der Waals surface area contributed by atoms with Crippen molar-refractivity contribution in [2.45, 2.75) is 6.54 Å². The number of nitrogens with one attached hydrogen (secondary N) is 1. The second-order valence-corrected chi connectivity index (χ2v) is 2.19. The number of aromatic carboxylic acids is 1. The van der Waals surface area contributed by atoms with Gasteiger partial charge in [-0.15, -0.1) is 0 Å². The van der Waals surface area contributed by atoms with Crippen molar-refractivity contribution in [2.24, 2.45) is 0 Å². The first-order chi connectivity index (χ1) is 6.24. The predicted molar refractivity (Wildman–Crippen MR) is 41.9 cm³/mol. The Morgan fingerprint density at radius 2 is 2.15 bits per heavy atom. The molecule has 0 aromatic carbocycles. The van der Waals surface area contributed by atoms with E-state index in [1.165, 1.54) is 12.4 Å². The molecule has 0 aliphatic heterocycles. The standard InChI is InChI=1S/C7H7N3O3/c11-4-8-3-6-9-1-5(2-10-6)7(12)13/h1-2,4H,3H2,(H,8,11)(H,12,13). The van der Waals surface area contributed by atoms with Crippen molar-refractivity contribution in [2.75, 3.05) is 0 Å². The molecular formula is C7H7N3O3. The molecule has 1 amide bonds. The molecular weight excluding hydrogens is 174 g/mol. The Morgan fingerprint density at radius 3 is 2.62 bits per heavy atom. The molecule has 13 heavy (non-hydrogen) atoms. The highest BCUT2D eigenvalue weighted by Crippen LogP contribution is 1.95. The van der Waals surface area contributed by atoms with Crippen LogP contribution in [0.4, 0.5) is 0 Å². The summed E-state index contributed by atoms with van der Waals surface area (Å²) in [5.41, 5.74) is 0.0230. The van der Waals surface area contributed by atoms with Gasteiger partial charge in [0, 0.05) is 12.4 Å². The van der Waals surface area contributed by atoms with Crippen LogP contribution >= 0.6 is 0 Å². The third-order valence-electron chi connectivity index (χ3n) is 1.30. The molecule has 1 aromatic heterocycles. The summed E-state index contributed by atoms with van der Waals surface area (Å²) in [5.74, 6) is -0.702. The van der Waals surface area contributed by atoms with Crippen LogP contribution in [-0.2, 0) is 11.3 Å². The molecule has 0 radical (unpaired) electrons. The first-order valence-electron chi connectivity index (χ1n) is 3.45. The molecule has 6 nitrogen and oxygen atoms in total. The second kappa shape index (κ2) is 4.15. The van der Waals surface area contributed by atoms with Gasteiger partial charge < -0.3 is 10.4 Å². The fraction of sp³-hybridized carbons (Fsp3) is 0.143. The number of carbonyl (C=O) groups is 2. The lowest BCUT2D eigenvalue weighted by Gasteiger charge is -1.97. The zero-order chi connectivity index (χ0) is 9.68. The van der Waals surface area contributed by atoms with Crippen LogP contribution in [0.2, 0.25) is 0 Å². The number of carbonyl (C=O) groups excluding carboxylic acids is 1. The highest BCUT2D eigenvalue weighted by molar-refractivity contribution is 5.86. The summed E-state index contributed by atoms with van der Waals surface area (Å²) < 4.78 is 0. The number of aromatic nitrogens is 2. The average Bonchev–Trinajstić information content (AvgIpc) is 2.15. The molecule has 6 heteroatoms.